The third kappa shape index (κ3) is 5.37. The average molecular weight is 370 g/mol. The SMILES string of the molecule is CCOC(=O)/C(C#N)=C\c1cc([N+](=O)[O-])ccc1OCc1ccc(F)cc1. The predicted octanol–water partition coefficient (Wildman–Crippen LogP) is 3.78. The van der Waals surface area contributed by atoms with Crippen LogP contribution in [0.15, 0.2) is 48.0 Å². The lowest BCUT2D eigenvalue weighted by Gasteiger charge is -2.10. The van der Waals surface area contributed by atoms with Crippen molar-refractivity contribution in [2.45, 2.75) is 13.5 Å². The molecule has 27 heavy (non-hydrogen) atoms. The van der Waals surface area contributed by atoms with Crippen LogP contribution in [-0.2, 0) is 16.1 Å². The first-order chi connectivity index (χ1) is 12.9. The molecule has 0 aromatic heterocycles. The Morgan fingerprint density at radius 3 is 2.59 bits per heavy atom. The molecule has 0 amide bonds. The predicted molar refractivity (Wildman–Crippen MR) is 94.1 cm³/mol. The number of nitrogens with zero attached hydrogens (tertiary/aromatic N) is 2. The third-order valence-electron chi connectivity index (χ3n) is 3.43. The van der Waals surface area contributed by atoms with Crippen LogP contribution < -0.4 is 4.74 Å². The van der Waals surface area contributed by atoms with Gasteiger partial charge in [0.05, 0.1) is 11.5 Å². The number of carbonyl (C=O) groups excluding carboxylic acids is 1. The second kappa shape index (κ2) is 9.10. The molecule has 0 saturated carbocycles. The lowest BCUT2D eigenvalue weighted by Crippen LogP contribution is -2.06. The molecule has 0 bridgehead atoms. The zero-order valence-electron chi connectivity index (χ0n) is 14.3. The number of hydrogen-bond acceptors (Lipinski definition) is 6. The highest BCUT2D eigenvalue weighted by molar-refractivity contribution is 5.98. The molecule has 0 fully saturated rings. The van der Waals surface area contributed by atoms with E-state index in [1.165, 1.54) is 48.5 Å². The van der Waals surface area contributed by atoms with Crippen LogP contribution in [0.2, 0.25) is 0 Å². The van der Waals surface area contributed by atoms with E-state index in [1.54, 1.807) is 13.0 Å². The van der Waals surface area contributed by atoms with Crippen LogP contribution in [0.3, 0.4) is 0 Å². The molecule has 0 aliphatic rings. The monoisotopic (exact) mass is 370 g/mol. The van der Waals surface area contributed by atoms with E-state index in [0.29, 0.717) is 5.56 Å². The summed E-state index contributed by atoms with van der Waals surface area (Å²) in [5.74, 6) is -0.997. The van der Waals surface area contributed by atoms with Crippen molar-refractivity contribution in [1.82, 2.24) is 0 Å². The van der Waals surface area contributed by atoms with Gasteiger partial charge in [-0.15, -0.1) is 0 Å². The van der Waals surface area contributed by atoms with E-state index in [1.807, 2.05) is 0 Å². The fourth-order valence-electron chi connectivity index (χ4n) is 2.14. The first-order valence-electron chi connectivity index (χ1n) is 7.89. The number of carbonyl (C=O) groups is 1. The van der Waals surface area contributed by atoms with Gasteiger partial charge in [0.1, 0.15) is 29.8 Å². The molecule has 0 saturated heterocycles. The second-order valence-corrected chi connectivity index (χ2v) is 5.28. The Morgan fingerprint density at radius 2 is 2.00 bits per heavy atom. The van der Waals surface area contributed by atoms with Crippen molar-refractivity contribution in [3.8, 4) is 11.8 Å². The van der Waals surface area contributed by atoms with Gasteiger partial charge in [-0.3, -0.25) is 10.1 Å². The summed E-state index contributed by atoms with van der Waals surface area (Å²) in [6.45, 7) is 1.75. The lowest BCUT2D eigenvalue weighted by atomic mass is 10.1. The van der Waals surface area contributed by atoms with Gasteiger partial charge in [0, 0.05) is 17.7 Å². The highest BCUT2D eigenvalue weighted by Crippen LogP contribution is 2.27. The van der Waals surface area contributed by atoms with E-state index in [9.17, 15) is 19.3 Å². The van der Waals surface area contributed by atoms with Crippen molar-refractivity contribution in [2.24, 2.45) is 0 Å². The number of nitro benzene ring substituents is 1. The van der Waals surface area contributed by atoms with Crippen LogP contribution in [0, 0.1) is 27.3 Å². The Bertz CT molecular complexity index is 917. The summed E-state index contributed by atoms with van der Waals surface area (Å²) in [5.41, 5.74) is 0.312. The lowest BCUT2D eigenvalue weighted by molar-refractivity contribution is -0.384. The third-order valence-corrected chi connectivity index (χ3v) is 3.43. The van der Waals surface area contributed by atoms with Crippen molar-refractivity contribution in [1.29, 1.82) is 5.26 Å². The maximum Gasteiger partial charge on any atom is 0.348 e. The first-order valence-corrected chi connectivity index (χ1v) is 7.89. The van der Waals surface area contributed by atoms with Gasteiger partial charge in [0.15, 0.2) is 0 Å². The number of nitriles is 1. The van der Waals surface area contributed by atoms with Crippen molar-refractivity contribution in [3.63, 3.8) is 0 Å². The number of esters is 1. The van der Waals surface area contributed by atoms with Crippen LogP contribution in [-0.4, -0.2) is 17.5 Å². The smallest absolute Gasteiger partial charge is 0.348 e. The Morgan fingerprint density at radius 1 is 1.30 bits per heavy atom. The van der Waals surface area contributed by atoms with Crippen LogP contribution in [0.4, 0.5) is 10.1 Å². The standard InChI is InChI=1S/C19H15FN2O5/c1-2-26-19(23)15(11-21)9-14-10-17(22(24)25)7-8-18(14)27-12-13-3-5-16(20)6-4-13/h3-10H,2,12H2,1H3/b15-9-. The van der Waals surface area contributed by atoms with Crippen LogP contribution in [0.5, 0.6) is 5.75 Å². The van der Waals surface area contributed by atoms with E-state index >= 15 is 0 Å². The molecule has 2 rings (SSSR count). The first kappa shape index (κ1) is 19.6. The van der Waals surface area contributed by atoms with Crippen LogP contribution >= 0.6 is 0 Å². The molecule has 7 nitrogen and oxygen atoms in total. The normalized spacial score (nSPS) is 10.8. The Balaban J connectivity index is 2.36. The summed E-state index contributed by atoms with van der Waals surface area (Å²) in [5, 5.41) is 20.2. The zero-order valence-corrected chi connectivity index (χ0v) is 14.3. The van der Waals surface area contributed by atoms with Gasteiger partial charge in [-0.2, -0.15) is 5.26 Å². The average Bonchev–Trinajstić information content (AvgIpc) is 2.66. The van der Waals surface area contributed by atoms with Crippen molar-refractivity contribution >= 4 is 17.7 Å². The minimum Gasteiger partial charge on any atom is -0.488 e. The topological polar surface area (TPSA) is 102 Å². The summed E-state index contributed by atoms with van der Waals surface area (Å²) < 4.78 is 23.4. The van der Waals surface area contributed by atoms with Gasteiger partial charge in [0.25, 0.3) is 5.69 Å². The molecule has 2 aromatic rings. The molecular formula is C19H15FN2O5. The number of hydrogen-bond donors (Lipinski definition) is 0. The molecule has 0 aliphatic carbocycles. The summed E-state index contributed by atoms with van der Waals surface area (Å²) in [4.78, 5) is 22.2. The van der Waals surface area contributed by atoms with E-state index < -0.39 is 10.9 Å². The molecule has 0 unspecified atom stereocenters. The summed E-state index contributed by atoms with van der Waals surface area (Å²) in [6.07, 6.45) is 1.17. The molecule has 0 N–H and O–H groups in total. The Hall–Kier alpha value is -3.73. The van der Waals surface area contributed by atoms with E-state index in [4.69, 9.17) is 14.7 Å². The second-order valence-electron chi connectivity index (χ2n) is 5.28. The maximum atomic E-state index is 13.0. The minimum atomic E-state index is -0.837. The quantitative estimate of drug-likeness (QED) is 0.242. The number of non-ortho nitro benzene ring substituents is 1. The van der Waals surface area contributed by atoms with Gasteiger partial charge in [-0.25, -0.2) is 9.18 Å². The van der Waals surface area contributed by atoms with Crippen molar-refractivity contribution in [2.75, 3.05) is 6.61 Å². The van der Waals surface area contributed by atoms with Crippen LogP contribution in [0.1, 0.15) is 18.1 Å². The molecule has 0 spiro atoms. The van der Waals surface area contributed by atoms with E-state index in [0.717, 1.165) is 0 Å². The van der Waals surface area contributed by atoms with Crippen molar-refractivity contribution < 1.29 is 23.6 Å². The number of ether oxygens (including phenoxy) is 2. The number of nitro groups is 1. The molecular weight excluding hydrogens is 355 g/mol. The van der Waals surface area contributed by atoms with Crippen molar-refractivity contribution in [3.05, 3.63) is 75.1 Å². The number of halogens is 1. The Labute approximate surface area is 154 Å². The molecule has 8 heteroatoms. The molecule has 138 valence electrons. The summed E-state index contributed by atoms with van der Waals surface area (Å²) >= 11 is 0. The molecule has 2 aromatic carbocycles. The Kier molecular flexibility index (Phi) is 6.61. The number of rotatable bonds is 7. The highest BCUT2D eigenvalue weighted by Gasteiger charge is 2.15. The van der Waals surface area contributed by atoms with Gasteiger partial charge in [-0.05, 0) is 36.8 Å². The fourth-order valence-corrected chi connectivity index (χ4v) is 2.14. The van der Waals surface area contributed by atoms with E-state index in [-0.39, 0.29) is 41.6 Å². The zero-order chi connectivity index (χ0) is 19.8. The van der Waals surface area contributed by atoms with E-state index in [2.05, 4.69) is 0 Å². The minimum absolute atomic E-state index is 0.0697. The fraction of sp³-hybridized carbons (Fsp3) is 0.158. The molecule has 0 heterocycles. The van der Waals surface area contributed by atoms with Gasteiger partial charge in [0.2, 0.25) is 0 Å². The largest absolute Gasteiger partial charge is 0.488 e. The molecule has 0 atom stereocenters. The number of benzene rings is 2. The maximum absolute atomic E-state index is 13.0. The van der Waals surface area contributed by atoms with Gasteiger partial charge < -0.3 is 9.47 Å². The van der Waals surface area contributed by atoms with Gasteiger partial charge in [-0.1, -0.05) is 12.1 Å². The highest BCUT2D eigenvalue weighted by atomic mass is 19.1. The summed E-state index contributed by atoms with van der Waals surface area (Å²) in [7, 11) is 0. The van der Waals surface area contributed by atoms with Gasteiger partial charge >= 0.3 is 5.97 Å². The summed E-state index contributed by atoms with van der Waals surface area (Å²) in [6, 6.07) is 11.2. The molecule has 0 radical (unpaired) electrons. The van der Waals surface area contributed by atoms with Crippen LogP contribution in [0.25, 0.3) is 6.08 Å². The molecule has 0 aliphatic heterocycles.